The number of nitrogens with one attached hydrogen (secondary N) is 1. The monoisotopic (exact) mass is 324 g/mol. The third kappa shape index (κ3) is 6.16. The van der Waals surface area contributed by atoms with Crippen LogP contribution in [0.3, 0.4) is 0 Å². The first-order valence-corrected chi connectivity index (χ1v) is 6.58. The number of nitrogen functional groups attached to an aromatic ring is 1. The van der Waals surface area contributed by atoms with Gasteiger partial charge in [0.2, 0.25) is 0 Å². The molecule has 1 amide bonds. The van der Waals surface area contributed by atoms with Crippen LogP contribution in [-0.4, -0.2) is 18.2 Å². The highest BCUT2D eigenvalue weighted by Gasteiger charge is 2.14. The molecule has 0 aliphatic rings. The van der Waals surface area contributed by atoms with Crippen molar-refractivity contribution >= 4 is 27.7 Å². The molecule has 1 aromatic carbocycles. The SMILES string of the molecule is CC(C)(C)OC(=O)NCC#Cc1cc(Br)ccc1N. The maximum Gasteiger partial charge on any atom is 0.408 e. The standard InChI is InChI=1S/C14H17BrN2O2/c1-14(2,3)19-13(18)17-8-4-5-10-9-11(15)6-7-12(10)16/h6-7,9H,8,16H2,1-3H3,(H,17,18). The molecule has 1 rings (SSSR count). The summed E-state index contributed by atoms with van der Waals surface area (Å²) >= 11 is 3.35. The minimum absolute atomic E-state index is 0.209. The van der Waals surface area contributed by atoms with Gasteiger partial charge >= 0.3 is 6.09 Å². The van der Waals surface area contributed by atoms with E-state index in [1.54, 1.807) is 26.8 Å². The summed E-state index contributed by atoms with van der Waals surface area (Å²) < 4.78 is 5.99. The number of hydrogen-bond donors (Lipinski definition) is 2. The summed E-state index contributed by atoms with van der Waals surface area (Å²) in [4.78, 5) is 11.4. The van der Waals surface area contributed by atoms with Gasteiger partial charge in [-0.2, -0.15) is 0 Å². The second-order valence-corrected chi connectivity index (χ2v) is 5.80. The molecule has 102 valence electrons. The summed E-state index contributed by atoms with van der Waals surface area (Å²) in [6.07, 6.45) is -0.482. The summed E-state index contributed by atoms with van der Waals surface area (Å²) in [7, 11) is 0. The van der Waals surface area contributed by atoms with E-state index in [-0.39, 0.29) is 6.54 Å². The molecule has 0 unspecified atom stereocenters. The molecule has 0 bridgehead atoms. The Kier molecular flexibility index (Phi) is 5.25. The van der Waals surface area contributed by atoms with E-state index in [1.807, 2.05) is 12.1 Å². The van der Waals surface area contributed by atoms with Crippen LogP contribution in [0.4, 0.5) is 10.5 Å². The third-order valence-electron chi connectivity index (χ3n) is 1.96. The van der Waals surface area contributed by atoms with Crippen LogP contribution < -0.4 is 11.1 Å². The molecule has 0 saturated carbocycles. The van der Waals surface area contributed by atoms with E-state index in [4.69, 9.17) is 10.5 Å². The van der Waals surface area contributed by atoms with E-state index in [9.17, 15) is 4.79 Å². The zero-order chi connectivity index (χ0) is 14.5. The van der Waals surface area contributed by atoms with Crippen LogP contribution in [0.1, 0.15) is 26.3 Å². The van der Waals surface area contributed by atoms with E-state index < -0.39 is 11.7 Å². The second-order valence-electron chi connectivity index (χ2n) is 4.89. The van der Waals surface area contributed by atoms with E-state index in [2.05, 4.69) is 33.1 Å². The van der Waals surface area contributed by atoms with E-state index in [0.717, 1.165) is 10.0 Å². The molecule has 5 heteroatoms. The molecule has 0 heterocycles. The average Bonchev–Trinajstić information content (AvgIpc) is 2.26. The minimum Gasteiger partial charge on any atom is -0.444 e. The fourth-order valence-corrected chi connectivity index (χ4v) is 1.57. The molecule has 0 aliphatic carbocycles. The van der Waals surface area contributed by atoms with E-state index in [0.29, 0.717) is 5.69 Å². The van der Waals surface area contributed by atoms with Gasteiger partial charge in [0.05, 0.1) is 6.54 Å². The highest BCUT2D eigenvalue weighted by molar-refractivity contribution is 9.10. The fraction of sp³-hybridized carbons (Fsp3) is 0.357. The Morgan fingerprint density at radius 2 is 2.16 bits per heavy atom. The first-order chi connectivity index (χ1) is 8.78. The van der Waals surface area contributed by atoms with Gasteiger partial charge < -0.3 is 15.8 Å². The van der Waals surface area contributed by atoms with Gasteiger partial charge in [-0.1, -0.05) is 27.8 Å². The molecular formula is C14H17BrN2O2. The maximum absolute atomic E-state index is 11.4. The molecule has 0 atom stereocenters. The lowest BCUT2D eigenvalue weighted by Crippen LogP contribution is -2.32. The van der Waals surface area contributed by atoms with Gasteiger partial charge in [-0.15, -0.1) is 0 Å². The third-order valence-corrected chi connectivity index (χ3v) is 2.45. The first-order valence-electron chi connectivity index (χ1n) is 5.79. The quantitative estimate of drug-likeness (QED) is 0.616. The number of nitrogens with two attached hydrogens (primary N) is 1. The number of rotatable bonds is 1. The highest BCUT2D eigenvalue weighted by Crippen LogP contribution is 2.17. The van der Waals surface area contributed by atoms with Gasteiger partial charge in [0.15, 0.2) is 0 Å². The molecule has 19 heavy (non-hydrogen) atoms. The molecule has 4 nitrogen and oxygen atoms in total. The molecule has 1 aromatic rings. The lowest BCUT2D eigenvalue weighted by Gasteiger charge is -2.19. The molecule has 0 aliphatic heterocycles. The normalized spacial score (nSPS) is 10.3. The molecular weight excluding hydrogens is 308 g/mol. The summed E-state index contributed by atoms with van der Waals surface area (Å²) in [6, 6.07) is 5.45. The first kappa shape index (κ1) is 15.4. The van der Waals surface area contributed by atoms with Crippen molar-refractivity contribution in [2.75, 3.05) is 12.3 Å². The molecule has 0 aromatic heterocycles. The van der Waals surface area contributed by atoms with Crippen LogP contribution >= 0.6 is 15.9 Å². The number of hydrogen-bond acceptors (Lipinski definition) is 3. The second kappa shape index (κ2) is 6.48. The number of ether oxygens (including phenoxy) is 1. The molecule has 0 radical (unpaired) electrons. The lowest BCUT2D eigenvalue weighted by molar-refractivity contribution is 0.0535. The summed E-state index contributed by atoms with van der Waals surface area (Å²) in [5, 5.41) is 2.56. The lowest BCUT2D eigenvalue weighted by atomic mass is 10.2. The van der Waals surface area contributed by atoms with Gasteiger partial charge in [-0.3, -0.25) is 0 Å². The average molecular weight is 325 g/mol. The van der Waals surface area contributed by atoms with Gasteiger partial charge in [0.25, 0.3) is 0 Å². The Morgan fingerprint density at radius 3 is 2.79 bits per heavy atom. The van der Waals surface area contributed by atoms with Crippen molar-refractivity contribution in [3.8, 4) is 11.8 Å². The van der Waals surface area contributed by atoms with Crippen molar-refractivity contribution < 1.29 is 9.53 Å². The van der Waals surface area contributed by atoms with E-state index >= 15 is 0 Å². The Labute approximate surface area is 121 Å². The van der Waals surface area contributed by atoms with Gasteiger partial charge in [-0.25, -0.2) is 4.79 Å². The van der Waals surface area contributed by atoms with Crippen LogP contribution in [0, 0.1) is 11.8 Å². The summed E-state index contributed by atoms with van der Waals surface area (Å²) in [5.41, 5.74) is 6.60. The smallest absolute Gasteiger partial charge is 0.408 e. The van der Waals surface area contributed by atoms with Crippen molar-refractivity contribution in [3.05, 3.63) is 28.2 Å². The fourth-order valence-electron chi connectivity index (χ4n) is 1.21. The zero-order valence-electron chi connectivity index (χ0n) is 11.2. The Morgan fingerprint density at radius 1 is 1.47 bits per heavy atom. The Bertz CT molecular complexity index is 524. The number of carbonyl (C=O) groups excluding carboxylic acids is 1. The van der Waals surface area contributed by atoms with Crippen LogP contribution in [0.2, 0.25) is 0 Å². The summed E-state index contributed by atoms with van der Waals surface area (Å²) in [5.74, 6) is 5.72. The topological polar surface area (TPSA) is 64.3 Å². The summed E-state index contributed by atoms with van der Waals surface area (Å²) in [6.45, 7) is 5.63. The number of carbonyl (C=O) groups is 1. The van der Waals surface area contributed by atoms with Crippen LogP contribution in [0.5, 0.6) is 0 Å². The Balaban J connectivity index is 2.52. The number of halogens is 1. The Hall–Kier alpha value is -1.67. The molecule has 0 spiro atoms. The van der Waals surface area contributed by atoms with E-state index in [1.165, 1.54) is 0 Å². The predicted octanol–water partition coefficient (Wildman–Crippen LogP) is 2.91. The molecule has 0 fully saturated rings. The van der Waals surface area contributed by atoms with Gasteiger partial charge in [-0.05, 0) is 39.0 Å². The zero-order valence-corrected chi connectivity index (χ0v) is 12.8. The van der Waals surface area contributed by atoms with Crippen molar-refractivity contribution in [3.63, 3.8) is 0 Å². The van der Waals surface area contributed by atoms with Crippen LogP contribution in [0.25, 0.3) is 0 Å². The minimum atomic E-state index is -0.508. The van der Waals surface area contributed by atoms with Crippen molar-refractivity contribution in [2.24, 2.45) is 0 Å². The van der Waals surface area contributed by atoms with Crippen molar-refractivity contribution in [2.45, 2.75) is 26.4 Å². The maximum atomic E-state index is 11.4. The van der Waals surface area contributed by atoms with Crippen molar-refractivity contribution in [1.82, 2.24) is 5.32 Å². The highest BCUT2D eigenvalue weighted by atomic mass is 79.9. The van der Waals surface area contributed by atoms with Crippen molar-refractivity contribution in [1.29, 1.82) is 0 Å². The molecule has 0 saturated heterocycles. The number of amides is 1. The van der Waals surface area contributed by atoms with Crippen LogP contribution in [0.15, 0.2) is 22.7 Å². The number of benzene rings is 1. The van der Waals surface area contributed by atoms with Gasteiger partial charge in [0.1, 0.15) is 5.60 Å². The molecule has 3 N–H and O–H groups in total. The predicted molar refractivity (Wildman–Crippen MR) is 79.7 cm³/mol. The van der Waals surface area contributed by atoms with Crippen LogP contribution in [-0.2, 0) is 4.74 Å². The van der Waals surface area contributed by atoms with Gasteiger partial charge in [0, 0.05) is 15.7 Å². The number of anilines is 1. The largest absolute Gasteiger partial charge is 0.444 e. The number of alkyl carbamates (subject to hydrolysis) is 1.